The van der Waals surface area contributed by atoms with Crippen LogP contribution in [0, 0.1) is 6.92 Å². The zero-order chi connectivity index (χ0) is 22.1. The van der Waals surface area contributed by atoms with E-state index in [9.17, 15) is 14.7 Å². The SMILES string of the molecule is COc1ccc(/C(O)=C2/C(=O)C(=O)N(c3ccc(C)cc3)C2c2ccccn2)cc1Cl. The van der Waals surface area contributed by atoms with Crippen LogP contribution in [0.25, 0.3) is 5.76 Å². The first-order chi connectivity index (χ1) is 14.9. The van der Waals surface area contributed by atoms with Crippen LogP contribution in [-0.4, -0.2) is 28.9 Å². The Morgan fingerprint density at radius 3 is 2.45 bits per heavy atom. The number of aromatic nitrogens is 1. The van der Waals surface area contributed by atoms with Gasteiger partial charge in [-0.25, -0.2) is 0 Å². The van der Waals surface area contributed by atoms with Crippen LogP contribution < -0.4 is 9.64 Å². The number of halogens is 1. The molecule has 31 heavy (non-hydrogen) atoms. The lowest BCUT2D eigenvalue weighted by Crippen LogP contribution is -2.29. The molecule has 0 bridgehead atoms. The number of aryl methyl sites for hydroxylation is 1. The monoisotopic (exact) mass is 434 g/mol. The zero-order valence-corrected chi connectivity index (χ0v) is 17.6. The number of hydrogen-bond acceptors (Lipinski definition) is 5. The van der Waals surface area contributed by atoms with Crippen LogP contribution in [0.1, 0.15) is 22.9 Å². The van der Waals surface area contributed by atoms with Gasteiger partial charge in [-0.3, -0.25) is 19.5 Å². The number of pyridine rings is 1. The van der Waals surface area contributed by atoms with Crippen LogP contribution in [0.3, 0.4) is 0 Å². The molecule has 7 heteroatoms. The Hall–Kier alpha value is -3.64. The summed E-state index contributed by atoms with van der Waals surface area (Å²) in [5.74, 6) is -1.42. The Labute approximate surface area is 184 Å². The van der Waals surface area contributed by atoms with Crippen molar-refractivity contribution in [3.63, 3.8) is 0 Å². The van der Waals surface area contributed by atoms with E-state index in [1.54, 1.807) is 48.7 Å². The van der Waals surface area contributed by atoms with Gasteiger partial charge >= 0.3 is 0 Å². The Balaban J connectivity index is 1.92. The minimum atomic E-state index is -0.884. The average molecular weight is 435 g/mol. The molecule has 1 unspecified atom stereocenters. The number of carbonyl (C=O) groups excluding carboxylic acids is 2. The van der Waals surface area contributed by atoms with Crippen LogP contribution in [0.2, 0.25) is 5.02 Å². The Morgan fingerprint density at radius 1 is 1.10 bits per heavy atom. The summed E-state index contributed by atoms with van der Waals surface area (Å²) in [6.07, 6.45) is 1.58. The first-order valence-corrected chi connectivity index (χ1v) is 9.92. The molecule has 0 spiro atoms. The highest BCUT2D eigenvalue weighted by Crippen LogP contribution is 2.42. The molecule has 1 amide bonds. The standard InChI is InChI=1S/C24H19ClN2O4/c1-14-6-9-16(10-7-14)27-21(18-5-3-4-12-26-18)20(23(29)24(27)30)22(28)15-8-11-19(31-2)17(25)13-15/h3-13,21,28H,1-2H3/b22-20-. The minimum absolute atomic E-state index is 0.0505. The summed E-state index contributed by atoms with van der Waals surface area (Å²) in [7, 11) is 1.48. The topological polar surface area (TPSA) is 79.7 Å². The molecule has 1 N–H and O–H groups in total. The number of ether oxygens (including phenoxy) is 1. The number of Topliss-reactive ketones (excluding diaryl/α,β-unsaturated/α-hetero) is 1. The summed E-state index contributed by atoms with van der Waals surface area (Å²) in [4.78, 5) is 31.8. The highest BCUT2D eigenvalue weighted by Gasteiger charge is 2.47. The molecular weight excluding hydrogens is 416 g/mol. The van der Waals surface area contributed by atoms with E-state index in [4.69, 9.17) is 16.3 Å². The predicted molar refractivity (Wildman–Crippen MR) is 118 cm³/mol. The first-order valence-electron chi connectivity index (χ1n) is 9.55. The molecule has 0 aliphatic carbocycles. The number of aliphatic hydroxyl groups is 1. The number of aliphatic hydroxyl groups excluding tert-OH is 1. The van der Waals surface area contributed by atoms with E-state index in [0.717, 1.165) is 5.56 Å². The molecule has 156 valence electrons. The van der Waals surface area contributed by atoms with Gasteiger partial charge in [-0.15, -0.1) is 0 Å². The second-order valence-electron chi connectivity index (χ2n) is 7.11. The van der Waals surface area contributed by atoms with Gasteiger partial charge in [-0.05, 0) is 49.4 Å². The molecule has 1 atom stereocenters. The van der Waals surface area contributed by atoms with Gasteiger partial charge in [-0.2, -0.15) is 0 Å². The van der Waals surface area contributed by atoms with Crippen molar-refractivity contribution in [3.8, 4) is 5.75 Å². The van der Waals surface area contributed by atoms with Crippen molar-refractivity contribution in [1.29, 1.82) is 0 Å². The summed E-state index contributed by atoms with van der Waals surface area (Å²) < 4.78 is 5.15. The van der Waals surface area contributed by atoms with E-state index in [2.05, 4.69) is 4.98 Å². The summed E-state index contributed by atoms with van der Waals surface area (Å²) in [5, 5.41) is 11.4. The van der Waals surface area contributed by atoms with Gasteiger partial charge in [0, 0.05) is 17.4 Å². The Morgan fingerprint density at radius 2 is 1.84 bits per heavy atom. The fourth-order valence-electron chi connectivity index (χ4n) is 3.59. The normalized spacial score (nSPS) is 17.8. The second-order valence-corrected chi connectivity index (χ2v) is 7.52. The maximum Gasteiger partial charge on any atom is 0.300 e. The van der Waals surface area contributed by atoms with Crippen molar-refractivity contribution in [1.82, 2.24) is 4.98 Å². The molecule has 4 rings (SSSR count). The van der Waals surface area contributed by atoms with Crippen LogP contribution in [0.15, 0.2) is 72.4 Å². The molecule has 0 radical (unpaired) electrons. The number of anilines is 1. The third kappa shape index (κ3) is 3.66. The predicted octanol–water partition coefficient (Wildman–Crippen LogP) is 4.68. The van der Waals surface area contributed by atoms with E-state index < -0.39 is 17.7 Å². The number of rotatable bonds is 4. The third-order valence-electron chi connectivity index (χ3n) is 5.15. The second kappa shape index (κ2) is 8.24. The number of nitrogens with zero attached hydrogens (tertiary/aromatic N) is 2. The van der Waals surface area contributed by atoms with E-state index in [-0.39, 0.29) is 16.4 Å². The van der Waals surface area contributed by atoms with Gasteiger partial charge in [0.25, 0.3) is 11.7 Å². The lowest BCUT2D eigenvalue weighted by molar-refractivity contribution is -0.132. The summed E-state index contributed by atoms with van der Waals surface area (Å²) in [6, 6.07) is 16.2. The molecule has 0 saturated carbocycles. The molecule has 1 saturated heterocycles. The van der Waals surface area contributed by atoms with E-state index in [1.807, 2.05) is 19.1 Å². The van der Waals surface area contributed by atoms with Gasteiger partial charge in [0.15, 0.2) is 0 Å². The van der Waals surface area contributed by atoms with Crippen LogP contribution in [-0.2, 0) is 9.59 Å². The fraction of sp³-hybridized carbons (Fsp3) is 0.125. The molecule has 2 heterocycles. The maximum atomic E-state index is 13.1. The van der Waals surface area contributed by atoms with Gasteiger partial charge in [0.2, 0.25) is 0 Å². The molecule has 3 aromatic rings. The lowest BCUT2D eigenvalue weighted by Gasteiger charge is -2.24. The van der Waals surface area contributed by atoms with Crippen molar-refractivity contribution in [2.45, 2.75) is 13.0 Å². The average Bonchev–Trinajstić information content (AvgIpc) is 3.05. The van der Waals surface area contributed by atoms with Gasteiger partial charge < -0.3 is 9.84 Å². The molecule has 1 aromatic heterocycles. The maximum absolute atomic E-state index is 13.1. The van der Waals surface area contributed by atoms with Crippen molar-refractivity contribution in [2.75, 3.05) is 12.0 Å². The summed E-state index contributed by atoms with van der Waals surface area (Å²) >= 11 is 6.20. The summed E-state index contributed by atoms with van der Waals surface area (Å²) in [5.41, 5.74) is 2.26. The number of hydrogen-bond donors (Lipinski definition) is 1. The fourth-order valence-corrected chi connectivity index (χ4v) is 3.85. The van der Waals surface area contributed by atoms with Crippen LogP contribution >= 0.6 is 11.6 Å². The van der Waals surface area contributed by atoms with Crippen LogP contribution in [0.4, 0.5) is 5.69 Å². The Bertz CT molecular complexity index is 1190. The zero-order valence-electron chi connectivity index (χ0n) is 16.9. The molecule has 2 aromatic carbocycles. The van der Waals surface area contributed by atoms with E-state index >= 15 is 0 Å². The van der Waals surface area contributed by atoms with Gasteiger partial charge in [-0.1, -0.05) is 35.4 Å². The summed E-state index contributed by atoms with van der Waals surface area (Å²) in [6.45, 7) is 1.93. The number of carbonyl (C=O) groups is 2. The largest absolute Gasteiger partial charge is 0.507 e. The molecule has 1 fully saturated rings. The molecular formula is C24H19ClN2O4. The smallest absolute Gasteiger partial charge is 0.300 e. The van der Waals surface area contributed by atoms with Crippen molar-refractivity contribution in [2.24, 2.45) is 0 Å². The van der Waals surface area contributed by atoms with E-state index in [0.29, 0.717) is 22.7 Å². The number of methoxy groups -OCH3 is 1. The highest BCUT2D eigenvalue weighted by atomic mass is 35.5. The lowest BCUT2D eigenvalue weighted by atomic mass is 9.98. The first kappa shape index (κ1) is 20.6. The minimum Gasteiger partial charge on any atom is -0.507 e. The number of benzene rings is 2. The molecule has 1 aliphatic heterocycles. The quantitative estimate of drug-likeness (QED) is 0.366. The Kier molecular flexibility index (Phi) is 5.48. The molecule has 1 aliphatic rings. The van der Waals surface area contributed by atoms with Crippen molar-refractivity contribution in [3.05, 3.63) is 94.3 Å². The van der Waals surface area contributed by atoms with Gasteiger partial charge in [0.05, 0.1) is 23.4 Å². The van der Waals surface area contributed by atoms with E-state index in [1.165, 1.54) is 18.1 Å². The number of amides is 1. The highest BCUT2D eigenvalue weighted by molar-refractivity contribution is 6.51. The number of ketones is 1. The van der Waals surface area contributed by atoms with Gasteiger partial charge in [0.1, 0.15) is 17.6 Å². The third-order valence-corrected chi connectivity index (χ3v) is 5.45. The molecule has 6 nitrogen and oxygen atoms in total. The van der Waals surface area contributed by atoms with Crippen LogP contribution in [0.5, 0.6) is 5.75 Å². The van der Waals surface area contributed by atoms with Crippen molar-refractivity contribution >= 4 is 34.7 Å². The van der Waals surface area contributed by atoms with Crippen molar-refractivity contribution < 1.29 is 19.4 Å².